The summed E-state index contributed by atoms with van der Waals surface area (Å²) in [4.78, 5) is 22.0. The number of carbonyl (C=O) groups is 2. The average Bonchev–Trinajstić information content (AvgIpc) is 2.67. The Morgan fingerprint density at radius 3 is 2.52 bits per heavy atom. The van der Waals surface area contributed by atoms with Crippen molar-refractivity contribution in [3.05, 3.63) is 0 Å². The van der Waals surface area contributed by atoms with Crippen LogP contribution in [0.15, 0.2) is 0 Å². The first-order valence-corrected chi connectivity index (χ1v) is 9.95. The van der Waals surface area contributed by atoms with E-state index in [0.717, 1.165) is 38.4 Å². The van der Waals surface area contributed by atoms with E-state index in [4.69, 9.17) is 9.47 Å². The molecule has 0 aromatic rings. The van der Waals surface area contributed by atoms with E-state index in [9.17, 15) is 24.9 Å². The highest BCUT2D eigenvalue weighted by atomic mass is 16.7. The molecule has 1 rings (SSSR count). The lowest BCUT2D eigenvalue weighted by Gasteiger charge is -2.40. The Hall–Kier alpha value is -1.06. The second-order valence-corrected chi connectivity index (χ2v) is 7.11. The van der Waals surface area contributed by atoms with Crippen molar-refractivity contribution >= 4 is 12.2 Å². The highest BCUT2D eigenvalue weighted by Crippen LogP contribution is 2.26. The summed E-state index contributed by atoms with van der Waals surface area (Å²) >= 11 is 0. The summed E-state index contributed by atoms with van der Waals surface area (Å²) in [5, 5.41) is 31.8. The van der Waals surface area contributed by atoms with Gasteiger partial charge in [0.15, 0.2) is 6.29 Å². The average molecular weight is 389 g/mol. The van der Waals surface area contributed by atoms with Gasteiger partial charge in [0, 0.05) is 25.3 Å². The summed E-state index contributed by atoms with van der Waals surface area (Å²) in [5.74, 6) is -0.455. The van der Waals surface area contributed by atoms with Crippen molar-refractivity contribution in [2.24, 2.45) is 5.92 Å². The molecule has 0 aromatic carbocycles. The van der Waals surface area contributed by atoms with E-state index >= 15 is 0 Å². The molecular weight excluding hydrogens is 354 g/mol. The van der Waals surface area contributed by atoms with Gasteiger partial charge in [-0.15, -0.1) is 0 Å². The molecule has 1 amide bonds. The number of unbranched alkanes of at least 4 members (excludes halogenated alkanes) is 5. The van der Waals surface area contributed by atoms with Crippen LogP contribution in [0.25, 0.3) is 0 Å². The molecule has 0 aliphatic carbocycles. The summed E-state index contributed by atoms with van der Waals surface area (Å²) < 4.78 is 11.0. The molecule has 8 nitrogen and oxygen atoms in total. The Bertz CT molecular complexity index is 419. The maximum Gasteiger partial charge on any atom is 0.220 e. The number of amides is 1. The maximum atomic E-state index is 11.8. The van der Waals surface area contributed by atoms with Crippen LogP contribution in [0.5, 0.6) is 0 Å². The number of rotatable bonds is 14. The van der Waals surface area contributed by atoms with Crippen molar-refractivity contribution in [2.45, 2.75) is 82.9 Å². The Morgan fingerprint density at radius 1 is 1.11 bits per heavy atom. The van der Waals surface area contributed by atoms with Gasteiger partial charge in [0.25, 0.3) is 0 Å². The van der Waals surface area contributed by atoms with Gasteiger partial charge >= 0.3 is 0 Å². The van der Waals surface area contributed by atoms with Crippen molar-refractivity contribution in [1.29, 1.82) is 0 Å². The quantitative estimate of drug-likeness (QED) is 0.252. The fraction of sp³-hybridized carbons (Fsp3) is 0.895. The number of hydrogen-bond donors (Lipinski definition) is 4. The zero-order chi connectivity index (χ0) is 20.1. The molecule has 8 heteroatoms. The first kappa shape index (κ1) is 24.0. The number of ether oxygens (including phenoxy) is 2. The predicted molar refractivity (Wildman–Crippen MR) is 98.9 cm³/mol. The minimum absolute atomic E-state index is 0.0270. The van der Waals surface area contributed by atoms with Crippen LogP contribution in [0.3, 0.4) is 0 Å². The maximum absolute atomic E-state index is 11.8. The van der Waals surface area contributed by atoms with Gasteiger partial charge in [-0.25, -0.2) is 0 Å². The molecule has 1 aliphatic rings. The molecule has 0 radical (unpaired) electrons. The molecular formula is C19H35NO7. The van der Waals surface area contributed by atoms with Gasteiger partial charge in [0.1, 0.15) is 18.5 Å². The molecule has 0 saturated carbocycles. The third-order valence-corrected chi connectivity index (χ3v) is 4.84. The summed E-state index contributed by atoms with van der Waals surface area (Å²) in [6.07, 6.45) is 3.72. The van der Waals surface area contributed by atoms with Crippen LogP contribution in [-0.4, -0.2) is 71.9 Å². The zero-order valence-corrected chi connectivity index (χ0v) is 16.2. The minimum atomic E-state index is -1.14. The first-order chi connectivity index (χ1) is 13.0. The fourth-order valence-corrected chi connectivity index (χ4v) is 3.04. The molecule has 0 spiro atoms. The van der Waals surface area contributed by atoms with Crippen LogP contribution >= 0.6 is 0 Å². The summed E-state index contributed by atoms with van der Waals surface area (Å²) in [7, 11) is 0. The first-order valence-electron chi connectivity index (χ1n) is 9.95. The third kappa shape index (κ3) is 9.12. The lowest BCUT2D eigenvalue weighted by molar-refractivity contribution is -0.282. The number of aliphatic hydroxyl groups excluding tert-OH is 3. The molecule has 1 aliphatic heterocycles. The van der Waals surface area contributed by atoms with Crippen molar-refractivity contribution in [3.8, 4) is 0 Å². The molecule has 27 heavy (non-hydrogen) atoms. The number of nitrogens with one attached hydrogen (secondary N) is 1. The van der Waals surface area contributed by atoms with Gasteiger partial charge in [-0.1, -0.05) is 26.2 Å². The van der Waals surface area contributed by atoms with Gasteiger partial charge in [-0.05, 0) is 19.3 Å². The highest BCUT2D eigenvalue weighted by Gasteiger charge is 2.42. The van der Waals surface area contributed by atoms with E-state index in [0.29, 0.717) is 32.4 Å². The summed E-state index contributed by atoms with van der Waals surface area (Å²) in [6, 6.07) is 0. The molecule has 4 N–H and O–H groups in total. The summed E-state index contributed by atoms with van der Waals surface area (Å²) in [5.41, 5.74) is 0. The van der Waals surface area contributed by atoms with E-state index in [1.807, 2.05) is 0 Å². The zero-order valence-electron chi connectivity index (χ0n) is 16.2. The molecule has 0 aromatic heterocycles. The van der Waals surface area contributed by atoms with E-state index in [1.54, 1.807) is 6.92 Å². The van der Waals surface area contributed by atoms with E-state index in [2.05, 4.69) is 5.32 Å². The van der Waals surface area contributed by atoms with Gasteiger partial charge in [0.05, 0.1) is 19.3 Å². The number of hydrogen-bond acceptors (Lipinski definition) is 7. The predicted octanol–water partition coefficient (Wildman–Crippen LogP) is 0.514. The summed E-state index contributed by atoms with van der Waals surface area (Å²) in [6.45, 7) is 2.25. The normalized spacial score (nSPS) is 28.1. The number of aldehydes is 1. The lowest BCUT2D eigenvalue weighted by Crippen LogP contribution is -2.55. The van der Waals surface area contributed by atoms with Crippen molar-refractivity contribution in [3.63, 3.8) is 0 Å². The number of aliphatic hydroxyl groups is 3. The Kier molecular flexibility index (Phi) is 12.4. The standard InChI is InChI=1S/C19H35NO7/c1-14-17(24)18(25)15(13-22)27-19(14)26-12-8-9-16(23)20-10-6-4-2-3-5-7-11-21/h11,14-15,17-19,22,24-25H,2-10,12-13H2,1H3,(H,20,23). The Balaban J connectivity index is 2.06. The van der Waals surface area contributed by atoms with Crippen LogP contribution in [0.4, 0.5) is 0 Å². The smallest absolute Gasteiger partial charge is 0.220 e. The van der Waals surface area contributed by atoms with Crippen molar-refractivity contribution in [2.75, 3.05) is 19.8 Å². The highest BCUT2D eigenvalue weighted by molar-refractivity contribution is 5.75. The minimum Gasteiger partial charge on any atom is -0.394 e. The lowest BCUT2D eigenvalue weighted by atomic mass is 9.92. The van der Waals surface area contributed by atoms with E-state index < -0.39 is 37.1 Å². The van der Waals surface area contributed by atoms with Gasteiger partial charge < -0.3 is 34.9 Å². The second-order valence-electron chi connectivity index (χ2n) is 7.11. The SMILES string of the molecule is CC1C(OCCCC(=O)NCCCCCCCC=O)OC(CO)C(O)C1O. The Morgan fingerprint density at radius 2 is 1.81 bits per heavy atom. The molecule has 1 heterocycles. The van der Waals surface area contributed by atoms with Gasteiger partial charge in [-0.3, -0.25) is 4.79 Å². The molecule has 1 fully saturated rings. The van der Waals surface area contributed by atoms with Crippen LogP contribution in [0, 0.1) is 5.92 Å². The molecule has 0 bridgehead atoms. The fourth-order valence-electron chi connectivity index (χ4n) is 3.04. The van der Waals surface area contributed by atoms with Crippen LogP contribution in [-0.2, 0) is 19.1 Å². The van der Waals surface area contributed by atoms with E-state index in [1.165, 1.54) is 0 Å². The van der Waals surface area contributed by atoms with Gasteiger partial charge in [-0.2, -0.15) is 0 Å². The number of carbonyl (C=O) groups excluding carboxylic acids is 2. The van der Waals surface area contributed by atoms with Crippen molar-refractivity contribution < 1.29 is 34.4 Å². The van der Waals surface area contributed by atoms with Crippen LogP contribution in [0.1, 0.15) is 58.3 Å². The molecule has 158 valence electrons. The largest absolute Gasteiger partial charge is 0.394 e. The van der Waals surface area contributed by atoms with Gasteiger partial charge in [0.2, 0.25) is 5.91 Å². The van der Waals surface area contributed by atoms with Crippen LogP contribution < -0.4 is 5.32 Å². The topological polar surface area (TPSA) is 125 Å². The molecule has 5 unspecified atom stereocenters. The van der Waals surface area contributed by atoms with Crippen LogP contribution in [0.2, 0.25) is 0 Å². The van der Waals surface area contributed by atoms with Crippen molar-refractivity contribution in [1.82, 2.24) is 5.32 Å². The van der Waals surface area contributed by atoms with E-state index in [-0.39, 0.29) is 5.91 Å². The Labute approximate surface area is 161 Å². The monoisotopic (exact) mass is 389 g/mol. The second kappa shape index (κ2) is 14.0. The molecule has 5 atom stereocenters. The third-order valence-electron chi connectivity index (χ3n) is 4.84. The molecule has 1 saturated heterocycles.